The highest BCUT2D eigenvalue weighted by Crippen LogP contribution is 2.16. The molecule has 1 heterocycles. The van der Waals surface area contributed by atoms with Gasteiger partial charge in [0.05, 0.1) is 5.56 Å². The summed E-state index contributed by atoms with van der Waals surface area (Å²) < 4.78 is 0. The van der Waals surface area contributed by atoms with Crippen LogP contribution in [0.15, 0.2) is 48.7 Å². The van der Waals surface area contributed by atoms with Crippen LogP contribution in [0.3, 0.4) is 0 Å². The van der Waals surface area contributed by atoms with Gasteiger partial charge in [-0.15, -0.1) is 0 Å². The van der Waals surface area contributed by atoms with E-state index in [2.05, 4.69) is 4.98 Å². The lowest BCUT2D eigenvalue weighted by molar-refractivity contribution is 0.0988. The fraction of sp³-hybridized carbons (Fsp3) is 0.133. The van der Waals surface area contributed by atoms with Gasteiger partial charge in [0, 0.05) is 18.4 Å². The van der Waals surface area contributed by atoms with Crippen molar-refractivity contribution in [1.29, 1.82) is 5.26 Å². The predicted octanol–water partition coefficient (Wildman–Crippen LogP) is 2.62. The van der Waals surface area contributed by atoms with E-state index in [1.54, 1.807) is 17.0 Å². The largest absolute Gasteiger partial charge is 0.309 e. The number of para-hydroxylation sites is 1. The molecule has 4 heteroatoms. The van der Waals surface area contributed by atoms with Crippen LogP contribution >= 0.6 is 0 Å². The highest BCUT2D eigenvalue weighted by atomic mass is 16.2. The minimum absolute atomic E-state index is 0.120. The third kappa shape index (κ3) is 2.78. The highest BCUT2D eigenvalue weighted by Gasteiger charge is 2.15. The predicted molar refractivity (Wildman–Crippen MR) is 72.7 cm³/mol. The number of carbonyl (C=O) groups excluding carboxylic acids is 1. The van der Waals surface area contributed by atoms with E-state index in [4.69, 9.17) is 5.26 Å². The average molecular weight is 251 g/mol. The first-order valence-electron chi connectivity index (χ1n) is 5.99. The number of anilines is 1. The van der Waals surface area contributed by atoms with Crippen molar-refractivity contribution < 1.29 is 4.79 Å². The van der Waals surface area contributed by atoms with Crippen LogP contribution < -0.4 is 4.90 Å². The first-order chi connectivity index (χ1) is 9.26. The van der Waals surface area contributed by atoms with Gasteiger partial charge in [0.1, 0.15) is 11.8 Å². The number of nitriles is 1. The summed E-state index contributed by atoms with van der Waals surface area (Å²) in [6.45, 7) is 2.49. The van der Waals surface area contributed by atoms with Crippen LogP contribution in [0.1, 0.15) is 23.0 Å². The highest BCUT2D eigenvalue weighted by molar-refractivity contribution is 6.05. The zero-order chi connectivity index (χ0) is 13.7. The Bertz CT molecular complexity index is 600. The van der Waals surface area contributed by atoms with Gasteiger partial charge in [0.2, 0.25) is 0 Å². The number of hydrogen-bond donors (Lipinski definition) is 0. The molecular weight excluding hydrogens is 238 g/mol. The fourth-order valence-corrected chi connectivity index (χ4v) is 1.79. The maximum absolute atomic E-state index is 12.4. The number of hydrogen-bond acceptors (Lipinski definition) is 3. The van der Waals surface area contributed by atoms with Crippen molar-refractivity contribution in [1.82, 2.24) is 4.98 Å². The average Bonchev–Trinajstić information content (AvgIpc) is 2.49. The van der Waals surface area contributed by atoms with Crippen molar-refractivity contribution in [2.75, 3.05) is 11.4 Å². The van der Waals surface area contributed by atoms with E-state index in [9.17, 15) is 4.79 Å². The molecule has 0 fully saturated rings. The van der Waals surface area contributed by atoms with E-state index in [0.717, 1.165) is 5.69 Å². The molecule has 0 atom stereocenters. The Morgan fingerprint density at radius 2 is 2.00 bits per heavy atom. The molecule has 0 aliphatic carbocycles. The summed E-state index contributed by atoms with van der Waals surface area (Å²) in [5, 5.41) is 8.69. The Kier molecular flexibility index (Phi) is 3.89. The van der Waals surface area contributed by atoms with E-state index in [0.29, 0.717) is 17.8 Å². The quantitative estimate of drug-likeness (QED) is 0.842. The topological polar surface area (TPSA) is 57.0 Å². The Morgan fingerprint density at radius 1 is 1.26 bits per heavy atom. The second kappa shape index (κ2) is 5.78. The second-order valence-corrected chi connectivity index (χ2v) is 3.93. The Morgan fingerprint density at radius 3 is 2.53 bits per heavy atom. The molecule has 0 radical (unpaired) electrons. The van der Waals surface area contributed by atoms with Crippen LogP contribution in [-0.4, -0.2) is 17.4 Å². The van der Waals surface area contributed by atoms with E-state index < -0.39 is 0 Å². The first kappa shape index (κ1) is 12.8. The minimum atomic E-state index is -0.120. The van der Waals surface area contributed by atoms with Crippen molar-refractivity contribution >= 4 is 11.6 Å². The van der Waals surface area contributed by atoms with Gasteiger partial charge in [-0.1, -0.05) is 18.2 Å². The number of rotatable bonds is 3. The minimum Gasteiger partial charge on any atom is -0.309 e. The lowest BCUT2D eigenvalue weighted by atomic mass is 10.2. The molecule has 0 aliphatic rings. The van der Waals surface area contributed by atoms with Gasteiger partial charge in [0.15, 0.2) is 0 Å². The third-order valence-electron chi connectivity index (χ3n) is 2.75. The van der Waals surface area contributed by atoms with Crippen molar-refractivity contribution in [2.45, 2.75) is 6.92 Å². The number of aromatic nitrogens is 1. The molecule has 94 valence electrons. The van der Waals surface area contributed by atoms with E-state index in [-0.39, 0.29) is 5.91 Å². The number of nitrogens with zero attached hydrogens (tertiary/aromatic N) is 3. The SMILES string of the molecule is CCN(C(=O)c1ccc(C#N)nc1)c1ccccc1. The van der Waals surface area contributed by atoms with Gasteiger partial charge in [-0.2, -0.15) is 5.26 Å². The first-order valence-corrected chi connectivity index (χ1v) is 5.99. The summed E-state index contributed by atoms with van der Waals surface area (Å²) in [6.07, 6.45) is 1.44. The van der Waals surface area contributed by atoms with Gasteiger partial charge in [-0.3, -0.25) is 4.79 Å². The van der Waals surface area contributed by atoms with E-state index >= 15 is 0 Å². The van der Waals surface area contributed by atoms with Gasteiger partial charge in [-0.25, -0.2) is 4.98 Å². The molecule has 1 amide bonds. The molecule has 0 N–H and O–H groups in total. The zero-order valence-electron chi connectivity index (χ0n) is 10.6. The molecule has 0 saturated heterocycles. The Hall–Kier alpha value is -2.67. The van der Waals surface area contributed by atoms with Gasteiger partial charge in [0.25, 0.3) is 5.91 Å². The van der Waals surface area contributed by atoms with Crippen LogP contribution in [0.2, 0.25) is 0 Å². The van der Waals surface area contributed by atoms with Crippen molar-refractivity contribution in [2.24, 2.45) is 0 Å². The molecule has 1 aromatic carbocycles. The second-order valence-electron chi connectivity index (χ2n) is 3.93. The number of carbonyl (C=O) groups is 1. The van der Waals surface area contributed by atoms with Crippen LogP contribution in [-0.2, 0) is 0 Å². The van der Waals surface area contributed by atoms with Crippen LogP contribution in [0, 0.1) is 11.3 Å². The molecule has 0 aliphatic heterocycles. The molecule has 2 rings (SSSR count). The zero-order valence-corrected chi connectivity index (χ0v) is 10.6. The van der Waals surface area contributed by atoms with Crippen LogP contribution in [0.25, 0.3) is 0 Å². The molecule has 19 heavy (non-hydrogen) atoms. The van der Waals surface area contributed by atoms with Gasteiger partial charge >= 0.3 is 0 Å². The maximum atomic E-state index is 12.4. The molecular formula is C15H13N3O. The van der Waals surface area contributed by atoms with Crippen LogP contribution in [0.4, 0.5) is 5.69 Å². The Labute approximate surface area is 111 Å². The van der Waals surface area contributed by atoms with Gasteiger partial charge < -0.3 is 4.90 Å². The Balaban J connectivity index is 2.28. The normalized spacial score (nSPS) is 9.68. The molecule has 4 nitrogen and oxygen atoms in total. The summed E-state index contributed by atoms with van der Waals surface area (Å²) >= 11 is 0. The van der Waals surface area contributed by atoms with E-state index in [1.165, 1.54) is 6.20 Å². The molecule has 0 saturated carbocycles. The third-order valence-corrected chi connectivity index (χ3v) is 2.75. The van der Waals surface area contributed by atoms with Crippen molar-refractivity contribution in [3.05, 3.63) is 59.9 Å². The molecule has 2 aromatic rings. The summed E-state index contributed by atoms with van der Waals surface area (Å²) in [4.78, 5) is 18.0. The molecule has 1 aromatic heterocycles. The molecule has 0 bridgehead atoms. The standard InChI is InChI=1S/C15H13N3O/c1-2-18(14-6-4-3-5-7-14)15(19)12-8-9-13(10-16)17-11-12/h3-9,11H,2H2,1H3. The number of amides is 1. The van der Waals surface area contributed by atoms with E-state index in [1.807, 2.05) is 43.3 Å². The number of benzene rings is 1. The lowest BCUT2D eigenvalue weighted by Crippen LogP contribution is -2.30. The summed E-state index contributed by atoms with van der Waals surface area (Å²) in [5.41, 5.74) is 1.63. The summed E-state index contributed by atoms with van der Waals surface area (Å²) in [5.74, 6) is -0.120. The maximum Gasteiger partial charge on any atom is 0.259 e. The monoisotopic (exact) mass is 251 g/mol. The van der Waals surface area contributed by atoms with Gasteiger partial charge in [-0.05, 0) is 31.2 Å². The summed E-state index contributed by atoms with van der Waals surface area (Å²) in [7, 11) is 0. The van der Waals surface area contributed by atoms with Crippen molar-refractivity contribution in [3.8, 4) is 6.07 Å². The summed E-state index contributed by atoms with van der Waals surface area (Å²) in [6, 6.07) is 14.6. The molecule has 0 unspecified atom stereocenters. The number of pyridine rings is 1. The lowest BCUT2D eigenvalue weighted by Gasteiger charge is -2.20. The van der Waals surface area contributed by atoms with Crippen molar-refractivity contribution in [3.63, 3.8) is 0 Å². The molecule has 0 spiro atoms. The fourth-order valence-electron chi connectivity index (χ4n) is 1.79. The van der Waals surface area contributed by atoms with Crippen LogP contribution in [0.5, 0.6) is 0 Å². The smallest absolute Gasteiger partial charge is 0.259 e.